The number of cyclic esters (lactones) is 2. The van der Waals surface area contributed by atoms with Crippen LogP contribution >= 0.6 is 0 Å². The Kier molecular flexibility index (Phi) is 2.58. The summed E-state index contributed by atoms with van der Waals surface area (Å²) in [7, 11) is 0. The number of esters is 2. The Morgan fingerprint density at radius 3 is 2.08 bits per heavy atom. The molecule has 1 aliphatic rings. The SMILES string of the molecule is O=C1CCC(=O)OC(=O)C(=O)OO1. The Morgan fingerprint density at radius 2 is 1.38 bits per heavy atom. The van der Waals surface area contributed by atoms with Crippen molar-refractivity contribution in [3.8, 4) is 0 Å². The molecule has 0 radical (unpaired) electrons. The first-order valence-electron chi connectivity index (χ1n) is 3.26. The van der Waals surface area contributed by atoms with Crippen molar-refractivity contribution in [3.05, 3.63) is 0 Å². The van der Waals surface area contributed by atoms with Gasteiger partial charge >= 0.3 is 23.9 Å². The summed E-state index contributed by atoms with van der Waals surface area (Å²) < 4.78 is 3.95. The van der Waals surface area contributed by atoms with Crippen LogP contribution in [0.4, 0.5) is 0 Å². The second kappa shape index (κ2) is 3.65. The van der Waals surface area contributed by atoms with E-state index in [0.29, 0.717) is 0 Å². The van der Waals surface area contributed by atoms with E-state index in [4.69, 9.17) is 0 Å². The van der Waals surface area contributed by atoms with Crippen LogP contribution in [-0.4, -0.2) is 23.9 Å². The van der Waals surface area contributed by atoms with Gasteiger partial charge in [-0.1, -0.05) is 0 Å². The van der Waals surface area contributed by atoms with Crippen LogP contribution in [0.15, 0.2) is 0 Å². The van der Waals surface area contributed by atoms with Crippen molar-refractivity contribution in [2.75, 3.05) is 0 Å². The molecule has 70 valence electrons. The molecule has 0 amide bonds. The summed E-state index contributed by atoms with van der Waals surface area (Å²) in [5.74, 6) is -4.93. The van der Waals surface area contributed by atoms with Gasteiger partial charge in [0.05, 0.1) is 12.8 Å². The van der Waals surface area contributed by atoms with Crippen LogP contribution in [0, 0.1) is 0 Å². The highest BCUT2D eigenvalue weighted by Gasteiger charge is 2.26. The number of hydrogen-bond donors (Lipinski definition) is 0. The summed E-state index contributed by atoms with van der Waals surface area (Å²) in [6, 6.07) is 0. The zero-order valence-corrected chi connectivity index (χ0v) is 6.27. The van der Waals surface area contributed by atoms with Crippen LogP contribution in [0.1, 0.15) is 12.8 Å². The molecule has 0 aromatic carbocycles. The summed E-state index contributed by atoms with van der Waals surface area (Å²) in [5, 5.41) is 0. The fourth-order valence-corrected chi connectivity index (χ4v) is 0.560. The number of hydrogen-bond acceptors (Lipinski definition) is 7. The third-order valence-corrected chi connectivity index (χ3v) is 1.12. The summed E-state index contributed by atoms with van der Waals surface area (Å²) in [6.07, 6.45) is -0.638. The van der Waals surface area contributed by atoms with Gasteiger partial charge in [-0.15, -0.1) is 0 Å². The molecule has 0 aromatic heterocycles. The highest BCUT2D eigenvalue weighted by molar-refractivity contribution is 6.31. The fourth-order valence-electron chi connectivity index (χ4n) is 0.560. The van der Waals surface area contributed by atoms with E-state index >= 15 is 0 Å². The highest BCUT2D eigenvalue weighted by Crippen LogP contribution is 2.01. The van der Waals surface area contributed by atoms with Crippen molar-refractivity contribution in [2.24, 2.45) is 0 Å². The summed E-state index contributed by atoms with van der Waals surface area (Å²) in [4.78, 5) is 49.8. The zero-order chi connectivity index (χ0) is 9.84. The molecule has 0 N–H and O–H groups in total. The standard InChI is InChI=1S/C6H4O7/c7-3-1-2-4(8)12-13-6(10)5(9)11-3/h1-2H2. The van der Waals surface area contributed by atoms with Gasteiger partial charge in [0.25, 0.3) is 0 Å². The lowest BCUT2D eigenvalue weighted by molar-refractivity contribution is -0.257. The minimum atomic E-state index is -1.54. The van der Waals surface area contributed by atoms with Gasteiger partial charge in [0, 0.05) is 0 Å². The minimum Gasteiger partial charge on any atom is -0.384 e. The topological polar surface area (TPSA) is 96.0 Å². The maximum absolute atomic E-state index is 10.6. The molecule has 0 spiro atoms. The number of ether oxygens (including phenoxy) is 1. The Morgan fingerprint density at radius 1 is 0.769 bits per heavy atom. The first kappa shape index (κ1) is 9.17. The first-order chi connectivity index (χ1) is 6.09. The molecule has 0 aromatic rings. The Hall–Kier alpha value is -1.92. The lowest BCUT2D eigenvalue weighted by Crippen LogP contribution is -2.22. The van der Waals surface area contributed by atoms with Crippen molar-refractivity contribution < 1.29 is 33.7 Å². The highest BCUT2D eigenvalue weighted by atomic mass is 17.2. The molecule has 0 aliphatic carbocycles. The van der Waals surface area contributed by atoms with Gasteiger partial charge < -0.3 is 4.74 Å². The molecular formula is C6H4O7. The van der Waals surface area contributed by atoms with Crippen molar-refractivity contribution in [1.82, 2.24) is 0 Å². The van der Waals surface area contributed by atoms with Gasteiger partial charge in [-0.3, -0.25) is 4.79 Å². The summed E-state index contributed by atoms with van der Waals surface area (Å²) in [6.45, 7) is 0. The normalized spacial score (nSPS) is 19.1. The van der Waals surface area contributed by atoms with Crippen LogP contribution in [0.25, 0.3) is 0 Å². The molecule has 7 nitrogen and oxygen atoms in total. The van der Waals surface area contributed by atoms with E-state index in [1.165, 1.54) is 0 Å². The molecule has 1 aliphatic heterocycles. The lowest BCUT2D eigenvalue weighted by atomic mass is 10.3. The molecule has 0 bridgehead atoms. The first-order valence-corrected chi connectivity index (χ1v) is 3.26. The van der Waals surface area contributed by atoms with Crippen molar-refractivity contribution in [2.45, 2.75) is 12.8 Å². The zero-order valence-electron chi connectivity index (χ0n) is 6.27. The maximum Gasteiger partial charge on any atom is 0.463 e. The predicted octanol–water partition coefficient (Wildman–Crippen LogP) is -1.15. The second-order valence-corrected chi connectivity index (χ2v) is 2.09. The van der Waals surface area contributed by atoms with Crippen molar-refractivity contribution in [1.29, 1.82) is 0 Å². The molecule has 1 rings (SSSR count). The summed E-state index contributed by atoms with van der Waals surface area (Å²) >= 11 is 0. The molecular weight excluding hydrogens is 184 g/mol. The largest absolute Gasteiger partial charge is 0.463 e. The number of carbonyl (C=O) groups is 4. The van der Waals surface area contributed by atoms with E-state index < -0.39 is 23.9 Å². The monoisotopic (exact) mass is 188 g/mol. The van der Waals surface area contributed by atoms with Gasteiger partial charge in [0.15, 0.2) is 0 Å². The van der Waals surface area contributed by atoms with Gasteiger partial charge in [-0.05, 0) is 0 Å². The molecule has 1 fully saturated rings. The quantitative estimate of drug-likeness (QED) is 0.205. The molecule has 0 saturated carbocycles. The third kappa shape index (κ3) is 2.55. The Balaban J connectivity index is 2.70. The smallest absolute Gasteiger partial charge is 0.384 e. The van der Waals surface area contributed by atoms with E-state index in [2.05, 4.69) is 14.5 Å². The van der Waals surface area contributed by atoms with Gasteiger partial charge in [-0.25, -0.2) is 24.2 Å². The van der Waals surface area contributed by atoms with Crippen LogP contribution in [0.3, 0.4) is 0 Å². The van der Waals surface area contributed by atoms with Crippen LogP contribution in [-0.2, 0) is 33.7 Å². The van der Waals surface area contributed by atoms with Gasteiger partial charge in [0.2, 0.25) is 0 Å². The lowest BCUT2D eigenvalue weighted by Gasteiger charge is -1.96. The predicted molar refractivity (Wildman–Crippen MR) is 32.5 cm³/mol. The van der Waals surface area contributed by atoms with Gasteiger partial charge in [-0.2, -0.15) is 0 Å². The Labute approximate surface area is 71.5 Å². The Bertz CT molecular complexity index is 279. The van der Waals surface area contributed by atoms with E-state index in [1.54, 1.807) is 0 Å². The van der Waals surface area contributed by atoms with E-state index in [9.17, 15) is 19.2 Å². The van der Waals surface area contributed by atoms with Gasteiger partial charge in [0.1, 0.15) is 0 Å². The van der Waals surface area contributed by atoms with Crippen molar-refractivity contribution >= 4 is 23.9 Å². The van der Waals surface area contributed by atoms with E-state index in [0.717, 1.165) is 0 Å². The maximum atomic E-state index is 10.6. The average Bonchev–Trinajstić information content (AvgIpc) is 2.13. The molecule has 0 atom stereocenters. The van der Waals surface area contributed by atoms with E-state index in [1.807, 2.05) is 0 Å². The van der Waals surface area contributed by atoms with E-state index in [-0.39, 0.29) is 12.8 Å². The van der Waals surface area contributed by atoms with Crippen LogP contribution in [0.2, 0.25) is 0 Å². The number of rotatable bonds is 0. The molecule has 1 saturated heterocycles. The van der Waals surface area contributed by atoms with Crippen LogP contribution in [0.5, 0.6) is 0 Å². The minimum absolute atomic E-state index is 0.306. The molecule has 7 heteroatoms. The fraction of sp³-hybridized carbons (Fsp3) is 0.333. The van der Waals surface area contributed by atoms with Crippen molar-refractivity contribution in [3.63, 3.8) is 0 Å². The summed E-state index contributed by atoms with van der Waals surface area (Å²) in [5.41, 5.74) is 0. The second-order valence-electron chi connectivity index (χ2n) is 2.09. The molecule has 0 unspecified atom stereocenters. The third-order valence-electron chi connectivity index (χ3n) is 1.12. The molecule has 1 heterocycles. The number of carbonyl (C=O) groups excluding carboxylic acids is 4. The molecule has 13 heavy (non-hydrogen) atoms. The van der Waals surface area contributed by atoms with Crippen LogP contribution < -0.4 is 0 Å². The average molecular weight is 188 g/mol.